The second-order valence-electron chi connectivity index (χ2n) is 9.96. The lowest BCUT2D eigenvalue weighted by molar-refractivity contribution is 0.628. The highest BCUT2D eigenvalue weighted by Crippen LogP contribution is 2.34. The molecule has 39 heavy (non-hydrogen) atoms. The van der Waals surface area contributed by atoms with Crippen molar-refractivity contribution in [3.63, 3.8) is 0 Å². The number of benzene rings is 1. The van der Waals surface area contributed by atoms with Crippen LogP contribution in [0.2, 0.25) is 0 Å². The molecule has 0 radical (unpaired) electrons. The van der Waals surface area contributed by atoms with Crippen molar-refractivity contribution in [2.45, 2.75) is 25.7 Å². The first-order valence-electron chi connectivity index (χ1n) is 13.0. The molecule has 3 N–H and O–H groups in total. The van der Waals surface area contributed by atoms with Gasteiger partial charge in [0.1, 0.15) is 11.5 Å². The zero-order valence-corrected chi connectivity index (χ0v) is 21.1. The summed E-state index contributed by atoms with van der Waals surface area (Å²) in [5.74, 6) is 0.785. The molecule has 0 bridgehead atoms. The average molecular weight is 517 g/mol. The highest BCUT2D eigenvalue weighted by molar-refractivity contribution is 5.97. The summed E-state index contributed by atoms with van der Waals surface area (Å²) in [5.41, 5.74) is 7.93. The van der Waals surface area contributed by atoms with Crippen molar-refractivity contribution in [2.24, 2.45) is 5.92 Å². The number of H-pyrrole nitrogens is 2. The number of fused-ring (bicyclic) bond motifs is 2. The van der Waals surface area contributed by atoms with Gasteiger partial charge < -0.3 is 10.3 Å². The van der Waals surface area contributed by atoms with Gasteiger partial charge in [-0.15, -0.1) is 0 Å². The topological polar surface area (TPSA) is 108 Å². The number of rotatable bonds is 6. The molecule has 5 heterocycles. The molecule has 1 fully saturated rings. The standard InChI is InChI=1S/C30H25FN8/c1-17(18-5-2-3-6-18)35-22-10-20(12-32-13-22)25-11-23-26(16-34-25)38-39-29(23)30-36-27-15-33-14-24(28(27)37-30)19-7-4-8-21(31)9-19/h4,7-16,18,35H,1-3,5-6H2,(H,36,37)(H,38,39). The highest BCUT2D eigenvalue weighted by atomic mass is 19.1. The molecule has 192 valence electrons. The average Bonchev–Trinajstić information content (AvgIpc) is 3.72. The van der Waals surface area contributed by atoms with E-state index in [1.54, 1.807) is 30.9 Å². The quantitative estimate of drug-likeness (QED) is 0.223. The Hall–Kier alpha value is -4.92. The number of anilines is 1. The lowest BCUT2D eigenvalue weighted by Gasteiger charge is -2.15. The molecule has 1 aliphatic carbocycles. The molecule has 1 aliphatic rings. The summed E-state index contributed by atoms with van der Waals surface area (Å²) in [5, 5.41) is 11.9. The third-order valence-electron chi connectivity index (χ3n) is 7.39. The van der Waals surface area contributed by atoms with Gasteiger partial charge in [0.05, 0.1) is 46.5 Å². The van der Waals surface area contributed by atoms with Crippen LogP contribution in [0.3, 0.4) is 0 Å². The van der Waals surface area contributed by atoms with Crippen LogP contribution in [0.25, 0.3) is 55.8 Å². The summed E-state index contributed by atoms with van der Waals surface area (Å²) >= 11 is 0. The van der Waals surface area contributed by atoms with E-state index in [0.29, 0.717) is 28.5 Å². The fourth-order valence-corrected chi connectivity index (χ4v) is 5.38. The molecule has 0 unspecified atom stereocenters. The Labute approximate surface area is 223 Å². The number of pyridine rings is 3. The van der Waals surface area contributed by atoms with Crippen molar-refractivity contribution in [1.29, 1.82) is 0 Å². The molecule has 1 saturated carbocycles. The Morgan fingerprint density at radius 2 is 1.82 bits per heavy atom. The molecule has 7 rings (SSSR count). The first-order valence-corrected chi connectivity index (χ1v) is 13.0. The van der Waals surface area contributed by atoms with Gasteiger partial charge in [0, 0.05) is 34.6 Å². The molecule has 8 nitrogen and oxygen atoms in total. The predicted molar refractivity (Wildman–Crippen MR) is 150 cm³/mol. The first kappa shape index (κ1) is 23.2. The number of nitrogens with zero attached hydrogens (tertiary/aromatic N) is 5. The predicted octanol–water partition coefficient (Wildman–Crippen LogP) is 6.88. The van der Waals surface area contributed by atoms with Gasteiger partial charge in [0.2, 0.25) is 0 Å². The lowest BCUT2D eigenvalue weighted by Crippen LogP contribution is -2.07. The molecule has 6 aromatic rings. The summed E-state index contributed by atoms with van der Waals surface area (Å²) < 4.78 is 13.9. The molecule has 9 heteroatoms. The molecular formula is C30H25FN8. The largest absolute Gasteiger partial charge is 0.358 e. The normalized spacial score (nSPS) is 13.9. The Balaban J connectivity index is 1.25. The van der Waals surface area contributed by atoms with E-state index in [4.69, 9.17) is 4.98 Å². The van der Waals surface area contributed by atoms with Crippen LogP contribution in [0.15, 0.2) is 79.7 Å². The maximum absolute atomic E-state index is 13.9. The number of allylic oxidation sites excluding steroid dienone is 1. The minimum Gasteiger partial charge on any atom is -0.358 e. The molecule has 5 aromatic heterocycles. The maximum atomic E-state index is 13.9. The van der Waals surface area contributed by atoms with Gasteiger partial charge in [-0.05, 0) is 48.6 Å². The van der Waals surface area contributed by atoms with Crippen molar-refractivity contribution in [3.8, 4) is 33.9 Å². The first-order chi connectivity index (χ1) is 19.1. The molecule has 0 saturated heterocycles. The van der Waals surface area contributed by atoms with Gasteiger partial charge in [-0.25, -0.2) is 9.37 Å². The van der Waals surface area contributed by atoms with E-state index in [9.17, 15) is 4.39 Å². The van der Waals surface area contributed by atoms with Crippen molar-refractivity contribution < 1.29 is 4.39 Å². The third-order valence-corrected chi connectivity index (χ3v) is 7.39. The number of hydrogen-bond donors (Lipinski definition) is 3. The van der Waals surface area contributed by atoms with Crippen molar-refractivity contribution in [1.82, 2.24) is 35.1 Å². The van der Waals surface area contributed by atoms with E-state index >= 15 is 0 Å². The second-order valence-corrected chi connectivity index (χ2v) is 9.96. The van der Waals surface area contributed by atoms with Gasteiger partial charge in [-0.3, -0.25) is 20.1 Å². The zero-order valence-electron chi connectivity index (χ0n) is 21.1. The van der Waals surface area contributed by atoms with Gasteiger partial charge in [-0.1, -0.05) is 31.6 Å². The molecular weight excluding hydrogens is 491 g/mol. The monoisotopic (exact) mass is 516 g/mol. The van der Waals surface area contributed by atoms with E-state index in [2.05, 4.69) is 42.0 Å². The minimum atomic E-state index is -0.310. The van der Waals surface area contributed by atoms with Crippen LogP contribution in [0.1, 0.15) is 25.7 Å². The minimum absolute atomic E-state index is 0.310. The van der Waals surface area contributed by atoms with Crippen LogP contribution in [-0.4, -0.2) is 35.1 Å². The van der Waals surface area contributed by atoms with Crippen LogP contribution < -0.4 is 5.32 Å². The number of nitrogens with one attached hydrogen (secondary N) is 3. The smallest absolute Gasteiger partial charge is 0.159 e. The van der Waals surface area contributed by atoms with Gasteiger partial charge in [0.25, 0.3) is 0 Å². The van der Waals surface area contributed by atoms with Gasteiger partial charge in [-0.2, -0.15) is 5.10 Å². The van der Waals surface area contributed by atoms with E-state index in [-0.39, 0.29) is 5.82 Å². The summed E-state index contributed by atoms with van der Waals surface area (Å²) in [6.07, 6.45) is 13.7. The number of hydrogen-bond acceptors (Lipinski definition) is 6. The summed E-state index contributed by atoms with van der Waals surface area (Å²) in [4.78, 5) is 21.6. The van der Waals surface area contributed by atoms with Crippen LogP contribution in [0.4, 0.5) is 10.1 Å². The zero-order chi connectivity index (χ0) is 26.3. The fraction of sp³-hybridized carbons (Fsp3) is 0.167. The third kappa shape index (κ3) is 4.31. The Morgan fingerprint density at radius 3 is 2.69 bits per heavy atom. The van der Waals surface area contributed by atoms with Crippen LogP contribution in [0.5, 0.6) is 0 Å². The van der Waals surface area contributed by atoms with Crippen LogP contribution >= 0.6 is 0 Å². The number of aromatic amines is 2. The van der Waals surface area contributed by atoms with Gasteiger partial charge in [0.15, 0.2) is 5.82 Å². The van der Waals surface area contributed by atoms with E-state index in [0.717, 1.165) is 44.6 Å². The molecule has 0 aliphatic heterocycles. The molecule has 0 atom stereocenters. The lowest BCUT2D eigenvalue weighted by atomic mass is 10.0. The number of aromatic nitrogens is 7. The molecule has 0 spiro atoms. The van der Waals surface area contributed by atoms with Crippen LogP contribution in [-0.2, 0) is 0 Å². The van der Waals surface area contributed by atoms with Crippen LogP contribution in [0, 0.1) is 11.7 Å². The molecule has 0 amide bonds. The van der Waals surface area contributed by atoms with E-state index in [1.165, 1.54) is 37.8 Å². The van der Waals surface area contributed by atoms with E-state index in [1.807, 2.05) is 24.4 Å². The Morgan fingerprint density at radius 1 is 0.949 bits per heavy atom. The number of halogens is 1. The fourth-order valence-electron chi connectivity index (χ4n) is 5.38. The second kappa shape index (κ2) is 9.43. The van der Waals surface area contributed by atoms with Crippen molar-refractivity contribution in [3.05, 3.63) is 85.5 Å². The highest BCUT2D eigenvalue weighted by Gasteiger charge is 2.19. The molecule has 1 aromatic carbocycles. The summed E-state index contributed by atoms with van der Waals surface area (Å²) in [6, 6.07) is 10.4. The van der Waals surface area contributed by atoms with E-state index < -0.39 is 0 Å². The SMILES string of the molecule is C=C(Nc1cncc(-c2cc3c(-c4nc5c(-c6cccc(F)c6)cncc5[nH]4)n[nH]c3cn2)c1)C1CCCC1. The number of imidazole rings is 1. The Kier molecular flexibility index (Phi) is 5.61. The van der Waals surface area contributed by atoms with Crippen molar-refractivity contribution in [2.75, 3.05) is 5.32 Å². The summed E-state index contributed by atoms with van der Waals surface area (Å²) in [7, 11) is 0. The maximum Gasteiger partial charge on any atom is 0.159 e. The summed E-state index contributed by atoms with van der Waals surface area (Å²) in [6.45, 7) is 4.26. The van der Waals surface area contributed by atoms with Crippen molar-refractivity contribution >= 4 is 27.6 Å². The van der Waals surface area contributed by atoms with Gasteiger partial charge >= 0.3 is 0 Å². The Bertz CT molecular complexity index is 1850.